The van der Waals surface area contributed by atoms with E-state index in [0.29, 0.717) is 5.89 Å². The molecule has 1 fully saturated rings. The van der Waals surface area contributed by atoms with E-state index in [1.165, 1.54) is 12.1 Å². The first-order chi connectivity index (χ1) is 10.1. The number of sulfonamides is 1. The summed E-state index contributed by atoms with van der Waals surface area (Å²) in [4.78, 5) is -0.469. The number of nitrogens with zero attached hydrogens (tertiary/aromatic N) is 2. The zero-order valence-electron chi connectivity index (χ0n) is 10.9. The molecule has 21 heavy (non-hydrogen) atoms. The first-order valence-electron chi connectivity index (χ1n) is 6.40. The Kier molecular flexibility index (Phi) is 3.60. The number of hydrogen-bond donors (Lipinski definition) is 2. The molecule has 0 radical (unpaired) electrons. The highest BCUT2D eigenvalue weighted by Gasteiger charge is 2.25. The van der Waals surface area contributed by atoms with Crippen LogP contribution in [0.25, 0.3) is 0 Å². The Morgan fingerprint density at radius 3 is 2.86 bits per heavy atom. The summed E-state index contributed by atoms with van der Waals surface area (Å²) in [5, 5.41) is 10.6. The quantitative estimate of drug-likeness (QED) is 0.886. The second-order valence-electron chi connectivity index (χ2n) is 4.63. The lowest BCUT2D eigenvalue weighted by Crippen LogP contribution is -2.15. The van der Waals surface area contributed by atoms with Crippen molar-refractivity contribution in [3.8, 4) is 0 Å². The van der Waals surface area contributed by atoms with E-state index in [-0.39, 0.29) is 12.1 Å². The molecule has 2 aromatic rings. The first kappa shape index (κ1) is 14.0. The Bertz CT molecular complexity index is 740. The summed E-state index contributed by atoms with van der Waals surface area (Å²) in [6.07, 6.45) is 1.84. The Morgan fingerprint density at radius 2 is 2.14 bits per heavy atom. The van der Waals surface area contributed by atoms with Crippen molar-refractivity contribution in [1.82, 2.24) is 15.5 Å². The molecule has 7 nitrogen and oxygen atoms in total. The summed E-state index contributed by atoms with van der Waals surface area (Å²) in [5.41, 5.74) is 0. The second-order valence-corrected chi connectivity index (χ2v) is 6.28. The zero-order chi connectivity index (χ0) is 14.9. The zero-order valence-corrected chi connectivity index (χ0v) is 11.7. The van der Waals surface area contributed by atoms with Crippen LogP contribution in [0, 0.1) is 5.82 Å². The van der Waals surface area contributed by atoms with Crippen LogP contribution in [-0.2, 0) is 10.0 Å². The van der Waals surface area contributed by atoms with Crippen LogP contribution in [0.15, 0.2) is 33.6 Å². The van der Waals surface area contributed by atoms with E-state index in [9.17, 15) is 12.8 Å². The Labute approximate surface area is 120 Å². The van der Waals surface area contributed by atoms with Crippen molar-refractivity contribution in [1.29, 1.82) is 0 Å². The van der Waals surface area contributed by atoms with Gasteiger partial charge in [-0.2, -0.15) is 0 Å². The highest BCUT2D eigenvalue weighted by Crippen LogP contribution is 2.24. The van der Waals surface area contributed by atoms with Crippen LogP contribution >= 0.6 is 0 Å². The van der Waals surface area contributed by atoms with Gasteiger partial charge in [0.2, 0.25) is 5.89 Å². The predicted octanol–water partition coefficient (Wildman–Crippen LogP) is 1.43. The molecule has 1 unspecified atom stereocenters. The van der Waals surface area contributed by atoms with Crippen molar-refractivity contribution >= 4 is 16.0 Å². The molecule has 1 aromatic heterocycles. The molecule has 1 aliphatic heterocycles. The third-order valence-electron chi connectivity index (χ3n) is 3.15. The van der Waals surface area contributed by atoms with Crippen molar-refractivity contribution < 1.29 is 17.2 Å². The molecule has 3 rings (SSSR count). The number of hydrogen-bond acceptors (Lipinski definition) is 6. The van der Waals surface area contributed by atoms with Gasteiger partial charge in [-0.25, -0.2) is 17.5 Å². The van der Waals surface area contributed by atoms with E-state index < -0.39 is 20.7 Å². The maximum Gasteiger partial charge on any atom is 0.329 e. The molecule has 0 spiro atoms. The van der Waals surface area contributed by atoms with Gasteiger partial charge in [0, 0.05) is 0 Å². The summed E-state index contributed by atoms with van der Waals surface area (Å²) < 4.78 is 45.0. The molecule has 0 bridgehead atoms. The highest BCUT2D eigenvalue weighted by molar-refractivity contribution is 7.92. The lowest BCUT2D eigenvalue weighted by Gasteiger charge is -2.05. The average Bonchev–Trinajstić information content (AvgIpc) is 3.09. The van der Waals surface area contributed by atoms with Gasteiger partial charge < -0.3 is 9.73 Å². The summed E-state index contributed by atoms with van der Waals surface area (Å²) in [7, 11) is -4.10. The van der Waals surface area contributed by atoms with E-state index in [1.54, 1.807) is 0 Å². The van der Waals surface area contributed by atoms with Gasteiger partial charge in [-0.15, -0.1) is 5.10 Å². The minimum Gasteiger partial charge on any atom is -0.406 e. The summed E-state index contributed by atoms with van der Waals surface area (Å²) in [6, 6.07) is 4.72. The summed E-state index contributed by atoms with van der Waals surface area (Å²) in [5.74, 6) is -0.527. The third kappa shape index (κ3) is 2.88. The number of halogens is 1. The Hall–Kier alpha value is -2.00. The SMILES string of the molecule is O=S(=O)(Nc1nnc(C2CCCN2)o1)c1ccccc1F. The predicted molar refractivity (Wildman–Crippen MR) is 71.5 cm³/mol. The molecular formula is C12H13FN4O3S. The topological polar surface area (TPSA) is 97.1 Å². The van der Waals surface area contributed by atoms with Crippen LogP contribution in [0.3, 0.4) is 0 Å². The normalized spacial score (nSPS) is 18.8. The van der Waals surface area contributed by atoms with Crippen LogP contribution in [0.1, 0.15) is 24.8 Å². The third-order valence-corrected chi connectivity index (χ3v) is 4.50. The molecule has 2 N–H and O–H groups in total. The molecule has 0 saturated carbocycles. The maximum absolute atomic E-state index is 13.5. The number of benzene rings is 1. The van der Waals surface area contributed by atoms with Gasteiger partial charge in [-0.3, -0.25) is 0 Å². The van der Waals surface area contributed by atoms with Crippen molar-refractivity contribution in [2.45, 2.75) is 23.8 Å². The van der Waals surface area contributed by atoms with E-state index in [2.05, 4.69) is 20.2 Å². The van der Waals surface area contributed by atoms with Gasteiger partial charge in [-0.1, -0.05) is 17.2 Å². The largest absolute Gasteiger partial charge is 0.406 e. The molecule has 1 saturated heterocycles. The number of rotatable bonds is 4. The van der Waals surface area contributed by atoms with Crippen LogP contribution in [0.4, 0.5) is 10.4 Å². The Balaban J connectivity index is 1.81. The molecule has 112 valence electrons. The highest BCUT2D eigenvalue weighted by atomic mass is 32.2. The molecule has 9 heteroatoms. The molecule has 1 aromatic carbocycles. The smallest absolute Gasteiger partial charge is 0.329 e. The van der Waals surface area contributed by atoms with E-state index in [0.717, 1.165) is 31.5 Å². The average molecular weight is 312 g/mol. The van der Waals surface area contributed by atoms with Gasteiger partial charge in [0.15, 0.2) is 0 Å². The fraction of sp³-hybridized carbons (Fsp3) is 0.333. The number of anilines is 1. The number of aromatic nitrogens is 2. The fourth-order valence-electron chi connectivity index (χ4n) is 2.14. The van der Waals surface area contributed by atoms with E-state index in [4.69, 9.17) is 4.42 Å². The van der Waals surface area contributed by atoms with Crippen molar-refractivity contribution in [3.05, 3.63) is 36.0 Å². The van der Waals surface area contributed by atoms with Gasteiger partial charge >= 0.3 is 6.01 Å². The van der Waals surface area contributed by atoms with Crippen molar-refractivity contribution in [2.24, 2.45) is 0 Å². The van der Waals surface area contributed by atoms with Gasteiger partial charge in [0.1, 0.15) is 10.7 Å². The second kappa shape index (κ2) is 5.41. The molecular weight excluding hydrogens is 299 g/mol. The van der Waals surface area contributed by atoms with Crippen molar-refractivity contribution in [2.75, 3.05) is 11.3 Å². The van der Waals surface area contributed by atoms with E-state index in [1.807, 2.05) is 0 Å². The van der Waals surface area contributed by atoms with Crippen molar-refractivity contribution in [3.63, 3.8) is 0 Å². The number of nitrogens with one attached hydrogen (secondary N) is 2. The summed E-state index contributed by atoms with van der Waals surface area (Å²) >= 11 is 0. The molecule has 2 heterocycles. The maximum atomic E-state index is 13.5. The lowest BCUT2D eigenvalue weighted by atomic mass is 10.2. The van der Waals surface area contributed by atoms with Gasteiger partial charge in [-0.05, 0) is 31.5 Å². The monoisotopic (exact) mass is 312 g/mol. The minimum absolute atomic E-state index is 0.0655. The van der Waals surface area contributed by atoms with Crippen LogP contribution in [0.5, 0.6) is 0 Å². The van der Waals surface area contributed by atoms with Crippen LogP contribution in [-0.4, -0.2) is 25.2 Å². The Morgan fingerprint density at radius 1 is 1.33 bits per heavy atom. The molecule has 1 aliphatic rings. The van der Waals surface area contributed by atoms with E-state index >= 15 is 0 Å². The minimum atomic E-state index is -4.10. The molecule has 0 aliphatic carbocycles. The first-order valence-corrected chi connectivity index (χ1v) is 7.89. The molecule has 0 amide bonds. The molecule has 1 atom stereocenters. The van der Waals surface area contributed by atoms with Gasteiger partial charge in [0.25, 0.3) is 10.0 Å². The lowest BCUT2D eigenvalue weighted by molar-refractivity contribution is 0.439. The van der Waals surface area contributed by atoms with Gasteiger partial charge in [0.05, 0.1) is 6.04 Å². The summed E-state index contributed by atoms with van der Waals surface area (Å²) in [6.45, 7) is 0.851. The van der Waals surface area contributed by atoms with Crippen LogP contribution in [0.2, 0.25) is 0 Å². The fourth-order valence-corrected chi connectivity index (χ4v) is 3.15. The van der Waals surface area contributed by atoms with Crippen LogP contribution < -0.4 is 10.0 Å². The standard InChI is InChI=1S/C12H13FN4O3S/c13-8-4-1-2-6-10(8)21(18,19)17-12-16-15-11(20-12)9-5-3-7-14-9/h1-2,4,6,9,14H,3,5,7H2,(H,16,17).